The highest BCUT2D eigenvalue weighted by atomic mass is 16.5. The lowest BCUT2D eigenvalue weighted by molar-refractivity contribution is -0.121. The van der Waals surface area contributed by atoms with Crippen LogP contribution < -0.4 is 5.32 Å². The summed E-state index contributed by atoms with van der Waals surface area (Å²) in [4.78, 5) is 15.2. The number of para-hydroxylation sites is 1. The van der Waals surface area contributed by atoms with E-state index in [1.165, 1.54) is 61.7 Å². The Morgan fingerprint density at radius 3 is 2.93 bits per heavy atom. The first-order valence-corrected chi connectivity index (χ1v) is 11.8. The molecule has 0 radical (unpaired) electrons. The maximum Gasteiger partial charge on any atom is 0.220 e. The Kier molecular flexibility index (Phi) is 7.45. The van der Waals surface area contributed by atoms with Gasteiger partial charge in [0, 0.05) is 49.8 Å². The van der Waals surface area contributed by atoms with Crippen molar-refractivity contribution >= 4 is 16.8 Å². The third-order valence-corrected chi connectivity index (χ3v) is 7.05. The van der Waals surface area contributed by atoms with E-state index in [0.29, 0.717) is 25.0 Å². The summed E-state index contributed by atoms with van der Waals surface area (Å²) >= 11 is 0. The van der Waals surface area contributed by atoms with E-state index in [2.05, 4.69) is 45.2 Å². The van der Waals surface area contributed by atoms with Crippen LogP contribution in [0.3, 0.4) is 0 Å². The number of rotatable bonds is 9. The number of hydrogen-bond donors (Lipinski definition) is 1. The van der Waals surface area contributed by atoms with Gasteiger partial charge in [-0.05, 0) is 69.2 Å². The second-order valence-corrected chi connectivity index (χ2v) is 9.02. The highest BCUT2D eigenvalue weighted by molar-refractivity contribution is 5.84. The van der Waals surface area contributed by atoms with Gasteiger partial charge in [-0.25, -0.2) is 0 Å². The van der Waals surface area contributed by atoms with Crippen LogP contribution in [0.1, 0.15) is 50.5 Å². The van der Waals surface area contributed by atoms with Crippen molar-refractivity contribution in [3.05, 3.63) is 36.0 Å². The fourth-order valence-corrected chi connectivity index (χ4v) is 5.48. The summed E-state index contributed by atoms with van der Waals surface area (Å²) in [5.41, 5.74) is 2.59. The largest absolute Gasteiger partial charge is 0.383 e. The maximum atomic E-state index is 12.5. The Hall–Kier alpha value is -1.85. The normalized spacial score (nSPS) is 22.2. The van der Waals surface area contributed by atoms with Gasteiger partial charge in [0.1, 0.15) is 0 Å². The Morgan fingerprint density at radius 1 is 1.17 bits per heavy atom. The lowest BCUT2D eigenvalue weighted by Crippen LogP contribution is -2.50. The zero-order valence-electron chi connectivity index (χ0n) is 18.4. The molecular weight excluding hydrogens is 374 g/mol. The molecule has 1 aromatic heterocycles. The molecule has 5 nitrogen and oxygen atoms in total. The van der Waals surface area contributed by atoms with Crippen LogP contribution in [0.4, 0.5) is 0 Å². The monoisotopic (exact) mass is 411 g/mol. The second kappa shape index (κ2) is 10.5. The van der Waals surface area contributed by atoms with Crippen LogP contribution in [0.5, 0.6) is 0 Å². The van der Waals surface area contributed by atoms with Crippen molar-refractivity contribution in [2.24, 2.45) is 5.92 Å². The summed E-state index contributed by atoms with van der Waals surface area (Å²) in [5.74, 6) is 0.854. The highest BCUT2D eigenvalue weighted by Gasteiger charge is 2.32. The van der Waals surface area contributed by atoms with Gasteiger partial charge in [-0.3, -0.25) is 4.79 Å². The van der Waals surface area contributed by atoms with Gasteiger partial charge in [0.05, 0.1) is 6.61 Å². The van der Waals surface area contributed by atoms with Crippen molar-refractivity contribution in [3.63, 3.8) is 0 Å². The van der Waals surface area contributed by atoms with Crippen molar-refractivity contribution in [1.82, 2.24) is 14.8 Å². The summed E-state index contributed by atoms with van der Waals surface area (Å²) in [7, 11) is 1.74. The molecular formula is C25H37N3O2. The van der Waals surface area contributed by atoms with Gasteiger partial charge >= 0.3 is 0 Å². The second-order valence-electron chi connectivity index (χ2n) is 9.02. The van der Waals surface area contributed by atoms with Crippen LogP contribution in [0.2, 0.25) is 0 Å². The molecule has 2 saturated heterocycles. The number of piperidine rings is 2. The van der Waals surface area contributed by atoms with Crippen LogP contribution in [0, 0.1) is 5.92 Å². The number of carbonyl (C=O) groups is 1. The van der Waals surface area contributed by atoms with Crippen molar-refractivity contribution in [1.29, 1.82) is 0 Å². The van der Waals surface area contributed by atoms with Crippen LogP contribution in [-0.4, -0.2) is 54.8 Å². The van der Waals surface area contributed by atoms with E-state index in [-0.39, 0.29) is 5.91 Å². The van der Waals surface area contributed by atoms with E-state index in [4.69, 9.17) is 4.74 Å². The van der Waals surface area contributed by atoms with E-state index in [0.717, 1.165) is 25.9 Å². The van der Waals surface area contributed by atoms with E-state index in [1.807, 2.05) is 0 Å². The number of aromatic nitrogens is 1. The van der Waals surface area contributed by atoms with Gasteiger partial charge in [-0.2, -0.15) is 0 Å². The van der Waals surface area contributed by atoms with E-state index < -0.39 is 0 Å². The van der Waals surface area contributed by atoms with E-state index in [9.17, 15) is 4.79 Å². The molecule has 2 aliphatic heterocycles. The number of nitrogens with zero attached hydrogens (tertiary/aromatic N) is 2. The van der Waals surface area contributed by atoms with Gasteiger partial charge < -0.3 is 19.5 Å². The number of benzene rings is 1. The molecule has 1 aromatic carbocycles. The number of ether oxygens (including phenoxy) is 1. The maximum absolute atomic E-state index is 12.5. The Morgan fingerprint density at radius 2 is 2.03 bits per heavy atom. The molecule has 164 valence electrons. The molecule has 0 bridgehead atoms. The van der Waals surface area contributed by atoms with Gasteiger partial charge in [0.15, 0.2) is 0 Å². The number of carbonyl (C=O) groups excluding carboxylic acids is 1. The Labute approximate surface area is 180 Å². The molecule has 2 aliphatic rings. The zero-order valence-corrected chi connectivity index (χ0v) is 18.4. The smallest absolute Gasteiger partial charge is 0.220 e. The summed E-state index contributed by atoms with van der Waals surface area (Å²) in [5, 5.41) is 4.55. The van der Waals surface area contributed by atoms with Crippen molar-refractivity contribution < 1.29 is 9.53 Å². The number of nitrogens with one attached hydrogen (secondary N) is 1. The van der Waals surface area contributed by atoms with Gasteiger partial charge in [-0.1, -0.05) is 24.6 Å². The molecule has 4 rings (SSSR count). The first-order chi connectivity index (χ1) is 14.8. The minimum atomic E-state index is 0.214. The molecule has 1 amide bonds. The minimum Gasteiger partial charge on any atom is -0.383 e. The molecule has 2 aromatic rings. The van der Waals surface area contributed by atoms with E-state index >= 15 is 0 Å². The number of aryl methyl sites for hydroxylation is 1. The topological polar surface area (TPSA) is 46.5 Å². The quantitative estimate of drug-likeness (QED) is 0.679. The first-order valence-electron chi connectivity index (χ1n) is 11.8. The Balaban J connectivity index is 1.26. The van der Waals surface area contributed by atoms with Crippen LogP contribution >= 0.6 is 0 Å². The number of hydrogen-bond acceptors (Lipinski definition) is 3. The molecule has 2 atom stereocenters. The molecule has 0 unspecified atom stereocenters. The third-order valence-electron chi connectivity index (χ3n) is 7.05. The van der Waals surface area contributed by atoms with Gasteiger partial charge in [0.25, 0.3) is 0 Å². The average molecular weight is 412 g/mol. The molecule has 2 fully saturated rings. The van der Waals surface area contributed by atoms with Crippen LogP contribution in [0.15, 0.2) is 30.5 Å². The fraction of sp³-hybridized carbons (Fsp3) is 0.640. The molecule has 0 saturated carbocycles. The summed E-state index contributed by atoms with van der Waals surface area (Å²) in [6.45, 7) is 4.94. The van der Waals surface area contributed by atoms with Gasteiger partial charge in [0.2, 0.25) is 5.91 Å². The summed E-state index contributed by atoms with van der Waals surface area (Å²) in [6, 6.07) is 9.23. The standard InChI is InChI=1S/C25H37N3O2/c1-30-17-16-28-19-21(22-10-2-3-12-24(22)28)8-6-13-25(29)26-18-20-9-7-15-27-14-5-4-11-23(20)27/h2-3,10,12,19-20,23H,4-9,11,13-18H2,1H3,(H,26,29)/t20-,23+/m0/s1. The summed E-state index contributed by atoms with van der Waals surface area (Å²) < 4.78 is 7.52. The SMILES string of the molecule is COCCn1cc(CCCC(=O)NC[C@@H]2CCCN3CCCC[C@H]23)c2ccccc21. The average Bonchev–Trinajstić information content (AvgIpc) is 3.14. The summed E-state index contributed by atoms with van der Waals surface area (Å²) in [6.07, 6.45) is 11.2. The molecule has 5 heteroatoms. The van der Waals surface area contributed by atoms with Gasteiger partial charge in [-0.15, -0.1) is 0 Å². The lowest BCUT2D eigenvalue weighted by atomic mass is 9.83. The molecule has 3 heterocycles. The fourth-order valence-electron chi connectivity index (χ4n) is 5.48. The molecule has 30 heavy (non-hydrogen) atoms. The number of amides is 1. The zero-order chi connectivity index (χ0) is 20.8. The first kappa shape index (κ1) is 21.4. The number of methoxy groups -OCH3 is 1. The van der Waals surface area contributed by atoms with E-state index in [1.54, 1.807) is 7.11 Å². The predicted molar refractivity (Wildman–Crippen MR) is 122 cm³/mol. The third kappa shape index (κ3) is 5.06. The van der Waals surface area contributed by atoms with Crippen molar-refractivity contribution in [2.75, 3.05) is 33.4 Å². The highest BCUT2D eigenvalue weighted by Crippen LogP contribution is 2.30. The van der Waals surface area contributed by atoms with Crippen LogP contribution in [0.25, 0.3) is 10.9 Å². The van der Waals surface area contributed by atoms with Crippen LogP contribution in [-0.2, 0) is 22.5 Å². The minimum absolute atomic E-state index is 0.214. The molecule has 1 N–H and O–H groups in total. The number of fused-ring (bicyclic) bond motifs is 2. The van der Waals surface area contributed by atoms with Crippen molar-refractivity contribution in [2.45, 2.75) is 64.0 Å². The molecule has 0 aliphatic carbocycles. The molecule has 0 spiro atoms. The predicted octanol–water partition coefficient (Wildman–Crippen LogP) is 3.99. The lowest BCUT2D eigenvalue weighted by Gasteiger charge is -2.44. The Bertz CT molecular complexity index is 829. The van der Waals surface area contributed by atoms with Crippen molar-refractivity contribution in [3.8, 4) is 0 Å².